The van der Waals surface area contributed by atoms with E-state index in [9.17, 15) is 4.79 Å². The summed E-state index contributed by atoms with van der Waals surface area (Å²) in [6, 6.07) is 8.08. The SMILES string of the molecule is Cc1cccc(C2=CC(=O)OC2C)c1. The lowest BCUT2D eigenvalue weighted by Crippen LogP contribution is -2.05. The van der Waals surface area contributed by atoms with Crippen LogP contribution in [0, 0.1) is 6.92 Å². The van der Waals surface area contributed by atoms with E-state index >= 15 is 0 Å². The van der Waals surface area contributed by atoms with Crippen molar-refractivity contribution in [3.63, 3.8) is 0 Å². The fourth-order valence-corrected chi connectivity index (χ4v) is 1.66. The first-order chi connectivity index (χ1) is 6.66. The highest BCUT2D eigenvalue weighted by molar-refractivity contribution is 5.97. The standard InChI is InChI=1S/C12H12O2/c1-8-4-3-5-10(6-8)11-7-12(13)14-9(11)2/h3-7,9H,1-2H3. The Labute approximate surface area is 83.2 Å². The third-order valence-electron chi connectivity index (χ3n) is 2.36. The smallest absolute Gasteiger partial charge is 0.331 e. The second-order valence-electron chi connectivity index (χ2n) is 3.55. The molecule has 1 aromatic rings. The molecule has 0 fully saturated rings. The van der Waals surface area contributed by atoms with Crippen LogP contribution < -0.4 is 0 Å². The first kappa shape index (κ1) is 9.00. The molecule has 1 aromatic carbocycles. The zero-order valence-corrected chi connectivity index (χ0v) is 8.28. The molecule has 0 aliphatic carbocycles. The van der Waals surface area contributed by atoms with Crippen molar-refractivity contribution in [3.05, 3.63) is 41.5 Å². The van der Waals surface area contributed by atoms with Gasteiger partial charge in [-0.2, -0.15) is 0 Å². The Hall–Kier alpha value is -1.57. The summed E-state index contributed by atoms with van der Waals surface area (Å²) in [4.78, 5) is 11.0. The van der Waals surface area contributed by atoms with Crippen molar-refractivity contribution in [1.82, 2.24) is 0 Å². The van der Waals surface area contributed by atoms with Gasteiger partial charge in [-0.15, -0.1) is 0 Å². The third-order valence-corrected chi connectivity index (χ3v) is 2.36. The molecule has 72 valence electrons. The normalized spacial score (nSPS) is 20.6. The van der Waals surface area contributed by atoms with Crippen LogP contribution >= 0.6 is 0 Å². The largest absolute Gasteiger partial charge is 0.455 e. The van der Waals surface area contributed by atoms with Gasteiger partial charge in [0.1, 0.15) is 6.10 Å². The van der Waals surface area contributed by atoms with Crippen LogP contribution in [-0.2, 0) is 9.53 Å². The highest BCUT2D eigenvalue weighted by atomic mass is 16.5. The zero-order chi connectivity index (χ0) is 10.1. The van der Waals surface area contributed by atoms with Crippen LogP contribution in [0.2, 0.25) is 0 Å². The number of benzene rings is 1. The van der Waals surface area contributed by atoms with Gasteiger partial charge in [-0.3, -0.25) is 0 Å². The first-order valence-corrected chi connectivity index (χ1v) is 4.66. The van der Waals surface area contributed by atoms with Gasteiger partial charge in [0.05, 0.1) is 0 Å². The second-order valence-corrected chi connectivity index (χ2v) is 3.55. The fraction of sp³-hybridized carbons (Fsp3) is 0.250. The lowest BCUT2D eigenvalue weighted by Gasteiger charge is -2.08. The van der Waals surface area contributed by atoms with Gasteiger partial charge in [0.2, 0.25) is 0 Å². The Morgan fingerprint density at radius 1 is 1.36 bits per heavy atom. The molecule has 0 aromatic heterocycles. The van der Waals surface area contributed by atoms with Crippen LogP contribution in [0.5, 0.6) is 0 Å². The number of ether oxygens (including phenoxy) is 1. The van der Waals surface area contributed by atoms with Gasteiger partial charge in [0.25, 0.3) is 0 Å². The van der Waals surface area contributed by atoms with E-state index in [1.54, 1.807) is 6.08 Å². The van der Waals surface area contributed by atoms with Gasteiger partial charge in [0, 0.05) is 11.6 Å². The van der Waals surface area contributed by atoms with Crippen molar-refractivity contribution in [1.29, 1.82) is 0 Å². The first-order valence-electron chi connectivity index (χ1n) is 4.66. The lowest BCUT2D eigenvalue weighted by atomic mass is 10.0. The van der Waals surface area contributed by atoms with Crippen molar-refractivity contribution < 1.29 is 9.53 Å². The fourth-order valence-electron chi connectivity index (χ4n) is 1.66. The van der Waals surface area contributed by atoms with E-state index < -0.39 is 0 Å². The van der Waals surface area contributed by atoms with Gasteiger partial charge >= 0.3 is 5.97 Å². The number of esters is 1. The summed E-state index contributed by atoms with van der Waals surface area (Å²) in [7, 11) is 0. The van der Waals surface area contributed by atoms with E-state index in [1.165, 1.54) is 5.56 Å². The number of rotatable bonds is 1. The van der Waals surface area contributed by atoms with Gasteiger partial charge in [-0.05, 0) is 19.4 Å². The van der Waals surface area contributed by atoms with Crippen LogP contribution in [0.15, 0.2) is 30.3 Å². The summed E-state index contributed by atoms with van der Waals surface area (Å²) in [5.74, 6) is -0.242. The van der Waals surface area contributed by atoms with Crippen LogP contribution in [-0.4, -0.2) is 12.1 Å². The molecule has 0 spiro atoms. The minimum Gasteiger partial charge on any atom is -0.455 e. The van der Waals surface area contributed by atoms with Crippen LogP contribution in [0.3, 0.4) is 0 Å². The van der Waals surface area contributed by atoms with Gasteiger partial charge < -0.3 is 4.74 Å². The van der Waals surface area contributed by atoms with Crippen LogP contribution in [0.25, 0.3) is 5.57 Å². The number of cyclic esters (lactones) is 1. The molecular weight excluding hydrogens is 176 g/mol. The summed E-state index contributed by atoms with van der Waals surface area (Å²) in [6.45, 7) is 3.92. The predicted octanol–water partition coefficient (Wildman–Crippen LogP) is 2.32. The maximum atomic E-state index is 11.0. The predicted molar refractivity (Wildman–Crippen MR) is 54.7 cm³/mol. The zero-order valence-electron chi connectivity index (χ0n) is 8.28. The van der Waals surface area contributed by atoms with E-state index in [4.69, 9.17) is 4.74 Å². The average molecular weight is 188 g/mol. The van der Waals surface area contributed by atoms with Gasteiger partial charge in [-0.1, -0.05) is 29.8 Å². The maximum Gasteiger partial charge on any atom is 0.331 e. The molecule has 0 N–H and O–H groups in total. The molecule has 0 bridgehead atoms. The second kappa shape index (κ2) is 3.29. The Bertz CT molecular complexity index is 405. The summed E-state index contributed by atoms with van der Waals surface area (Å²) < 4.78 is 5.04. The molecule has 0 amide bonds. The van der Waals surface area contributed by atoms with Crippen molar-refractivity contribution in [3.8, 4) is 0 Å². The minimum absolute atomic E-state index is 0.121. The molecule has 2 heteroatoms. The Kier molecular flexibility index (Phi) is 2.12. The molecule has 1 unspecified atom stereocenters. The summed E-state index contributed by atoms with van der Waals surface area (Å²) in [5, 5.41) is 0. The van der Waals surface area contributed by atoms with E-state index in [2.05, 4.69) is 6.07 Å². The molecule has 1 aliphatic heterocycles. The van der Waals surface area contributed by atoms with E-state index in [0.29, 0.717) is 0 Å². The van der Waals surface area contributed by atoms with E-state index in [1.807, 2.05) is 32.0 Å². The lowest BCUT2D eigenvalue weighted by molar-refractivity contribution is -0.137. The monoisotopic (exact) mass is 188 g/mol. The van der Waals surface area contributed by atoms with Gasteiger partial charge in [-0.25, -0.2) is 4.79 Å². The number of carbonyl (C=O) groups is 1. The number of aryl methyl sites for hydroxylation is 1. The maximum absolute atomic E-state index is 11.0. The molecule has 2 nitrogen and oxygen atoms in total. The molecule has 1 atom stereocenters. The van der Waals surface area contributed by atoms with E-state index in [0.717, 1.165) is 11.1 Å². The molecule has 0 saturated heterocycles. The third kappa shape index (κ3) is 1.55. The molecule has 0 saturated carbocycles. The molecule has 0 radical (unpaired) electrons. The van der Waals surface area contributed by atoms with Crippen molar-refractivity contribution >= 4 is 11.5 Å². The number of carbonyl (C=O) groups excluding carboxylic acids is 1. The van der Waals surface area contributed by atoms with Gasteiger partial charge in [0.15, 0.2) is 0 Å². The molecule has 1 heterocycles. The van der Waals surface area contributed by atoms with Crippen molar-refractivity contribution in [2.45, 2.75) is 20.0 Å². The van der Waals surface area contributed by atoms with Crippen LogP contribution in [0.1, 0.15) is 18.1 Å². The quantitative estimate of drug-likeness (QED) is 0.632. The molecule has 2 rings (SSSR count). The number of hydrogen-bond acceptors (Lipinski definition) is 2. The molecule has 14 heavy (non-hydrogen) atoms. The Morgan fingerprint density at radius 3 is 2.71 bits per heavy atom. The van der Waals surface area contributed by atoms with E-state index in [-0.39, 0.29) is 12.1 Å². The summed E-state index contributed by atoms with van der Waals surface area (Å²) >= 11 is 0. The Balaban J connectivity index is 2.40. The summed E-state index contributed by atoms with van der Waals surface area (Å²) in [5.41, 5.74) is 3.23. The Morgan fingerprint density at radius 2 is 2.14 bits per heavy atom. The van der Waals surface area contributed by atoms with Crippen molar-refractivity contribution in [2.24, 2.45) is 0 Å². The average Bonchev–Trinajstić information content (AvgIpc) is 2.45. The number of hydrogen-bond donors (Lipinski definition) is 0. The summed E-state index contributed by atoms with van der Waals surface area (Å²) in [6.07, 6.45) is 1.45. The van der Waals surface area contributed by atoms with Crippen LogP contribution in [0.4, 0.5) is 0 Å². The topological polar surface area (TPSA) is 26.3 Å². The molecular formula is C12H12O2. The minimum atomic E-state index is -0.242. The van der Waals surface area contributed by atoms with Crippen molar-refractivity contribution in [2.75, 3.05) is 0 Å². The molecule has 1 aliphatic rings. The highest BCUT2D eigenvalue weighted by Gasteiger charge is 2.22. The highest BCUT2D eigenvalue weighted by Crippen LogP contribution is 2.26.